The van der Waals surface area contributed by atoms with Crippen molar-refractivity contribution in [1.29, 1.82) is 0 Å². The zero-order valence-corrected chi connectivity index (χ0v) is 20.9. The molecule has 1 amide bonds. The highest BCUT2D eigenvalue weighted by Crippen LogP contribution is 2.43. The number of carbonyl (C=O) groups is 1. The van der Waals surface area contributed by atoms with E-state index in [0.717, 1.165) is 29.3 Å². The molecule has 2 heterocycles. The molecule has 1 spiro atoms. The first-order chi connectivity index (χ1) is 16.6. The van der Waals surface area contributed by atoms with Gasteiger partial charge in [0.25, 0.3) is 0 Å². The first kappa shape index (κ1) is 23.8. The van der Waals surface area contributed by atoms with E-state index in [2.05, 4.69) is 40.1 Å². The molecule has 7 nitrogen and oxygen atoms in total. The number of fused-ring (bicyclic) bond motifs is 3. The molecule has 35 heavy (non-hydrogen) atoms. The van der Waals surface area contributed by atoms with Crippen LogP contribution in [0.3, 0.4) is 0 Å². The summed E-state index contributed by atoms with van der Waals surface area (Å²) >= 11 is 0. The van der Waals surface area contributed by atoms with Crippen LogP contribution in [0.4, 0.5) is 0 Å². The van der Waals surface area contributed by atoms with Crippen molar-refractivity contribution in [3.8, 4) is 0 Å². The summed E-state index contributed by atoms with van der Waals surface area (Å²) in [6, 6.07) is 15.3. The zero-order valence-electron chi connectivity index (χ0n) is 20.1. The molecule has 3 aromatic rings. The number of nitrogens with one attached hydrogen (secondary N) is 2. The van der Waals surface area contributed by atoms with Gasteiger partial charge in [-0.15, -0.1) is 0 Å². The second-order valence-corrected chi connectivity index (χ2v) is 12.5. The third kappa shape index (κ3) is 4.30. The van der Waals surface area contributed by atoms with Gasteiger partial charge in [-0.3, -0.25) is 4.79 Å². The Morgan fingerprint density at radius 2 is 1.83 bits per heavy atom. The van der Waals surface area contributed by atoms with Crippen molar-refractivity contribution in [3.63, 3.8) is 0 Å². The third-order valence-corrected chi connectivity index (χ3v) is 9.41. The van der Waals surface area contributed by atoms with E-state index >= 15 is 0 Å². The largest absolute Gasteiger partial charge is 0.361 e. The highest BCUT2D eigenvalue weighted by molar-refractivity contribution is 7.90. The zero-order chi connectivity index (χ0) is 24.8. The number of likely N-dealkylation sites (tertiary alicyclic amines) is 1. The Morgan fingerprint density at radius 3 is 2.57 bits per heavy atom. The minimum Gasteiger partial charge on any atom is -0.361 e. The average molecular weight is 493 g/mol. The van der Waals surface area contributed by atoms with Crippen molar-refractivity contribution in [2.45, 2.75) is 49.4 Å². The van der Waals surface area contributed by atoms with E-state index < -0.39 is 20.9 Å². The smallest absolute Gasteiger partial charge is 0.241 e. The first-order valence-corrected chi connectivity index (χ1v) is 13.5. The summed E-state index contributed by atoms with van der Waals surface area (Å²) in [6.45, 7) is 3.99. The quantitative estimate of drug-likeness (QED) is 0.491. The molecule has 1 fully saturated rings. The summed E-state index contributed by atoms with van der Waals surface area (Å²) in [4.78, 5) is 17.2. The molecule has 1 atom stereocenters. The van der Waals surface area contributed by atoms with Crippen LogP contribution in [0, 0.1) is 0 Å². The number of carbonyl (C=O) groups excluding carboxylic acids is 1. The maximum absolute atomic E-state index is 13.7. The second-order valence-electron chi connectivity index (χ2n) is 10.2. The monoisotopic (exact) mass is 492 g/mol. The lowest BCUT2D eigenvalue weighted by Gasteiger charge is -2.40. The van der Waals surface area contributed by atoms with E-state index in [1.54, 1.807) is 4.90 Å². The van der Waals surface area contributed by atoms with Crippen LogP contribution >= 0.6 is 0 Å². The van der Waals surface area contributed by atoms with Gasteiger partial charge in [0.15, 0.2) is 0 Å². The molecule has 0 radical (unpaired) electrons. The van der Waals surface area contributed by atoms with Gasteiger partial charge in [0.2, 0.25) is 15.9 Å². The van der Waals surface area contributed by atoms with Crippen molar-refractivity contribution < 1.29 is 13.2 Å². The minimum atomic E-state index is -3.94. The summed E-state index contributed by atoms with van der Waals surface area (Å²) in [5.74, 6) is -0.215. The van der Waals surface area contributed by atoms with Crippen molar-refractivity contribution >= 4 is 32.9 Å². The Kier molecular flexibility index (Phi) is 5.86. The highest BCUT2D eigenvalue weighted by Gasteiger charge is 2.41. The molecule has 4 N–H and O–H groups in total. The number of sulfonamides is 1. The van der Waals surface area contributed by atoms with Gasteiger partial charge in [0.1, 0.15) is 10.9 Å². The summed E-state index contributed by atoms with van der Waals surface area (Å²) in [6.07, 6.45) is 8.13. The Labute approximate surface area is 206 Å². The summed E-state index contributed by atoms with van der Waals surface area (Å²) in [7, 11) is -3.94. The van der Waals surface area contributed by atoms with Crippen LogP contribution in [0.15, 0.2) is 60.8 Å². The van der Waals surface area contributed by atoms with E-state index in [0.29, 0.717) is 13.1 Å². The molecule has 5 rings (SSSR count). The topological polar surface area (TPSA) is 108 Å². The maximum atomic E-state index is 13.7. The molecule has 0 bridgehead atoms. The van der Waals surface area contributed by atoms with Gasteiger partial charge >= 0.3 is 0 Å². The van der Waals surface area contributed by atoms with Crippen molar-refractivity contribution in [2.75, 3.05) is 13.1 Å². The number of nitrogens with zero attached hydrogens (tertiary/aromatic N) is 1. The number of para-hydroxylation sites is 1. The standard InChI is InChI=1S/C27H32N4O3S/c1-26(2,28)35(33,34)30-24(17-20-18-29-23-10-6-4-8-21(20)23)25(32)31-15-13-27(14-16-31)12-11-19-7-3-5-9-22(19)27/h3-12,18,24,29-30H,13-17,28H2,1-2H3. The predicted molar refractivity (Wildman–Crippen MR) is 139 cm³/mol. The van der Waals surface area contributed by atoms with E-state index in [1.165, 1.54) is 25.0 Å². The number of hydrogen-bond donors (Lipinski definition) is 3. The van der Waals surface area contributed by atoms with Gasteiger partial charge < -0.3 is 15.6 Å². The van der Waals surface area contributed by atoms with Crippen LogP contribution in [0.1, 0.15) is 43.4 Å². The maximum Gasteiger partial charge on any atom is 0.241 e. The number of allylic oxidation sites excluding steroid dienone is 1. The van der Waals surface area contributed by atoms with E-state index in [-0.39, 0.29) is 17.7 Å². The van der Waals surface area contributed by atoms with Crippen LogP contribution in [-0.4, -0.2) is 48.2 Å². The number of nitrogens with two attached hydrogens (primary N) is 1. The van der Waals surface area contributed by atoms with Gasteiger partial charge in [-0.25, -0.2) is 13.1 Å². The molecule has 1 unspecified atom stereocenters. The van der Waals surface area contributed by atoms with Gasteiger partial charge in [-0.1, -0.05) is 54.6 Å². The number of hydrogen-bond acceptors (Lipinski definition) is 4. The molecular weight excluding hydrogens is 460 g/mol. The fourth-order valence-corrected chi connectivity index (χ4v) is 6.12. The third-order valence-electron chi connectivity index (χ3n) is 7.43. The van der Waals surface area contributed by atoms with Crippen molar-refractivity contribution in [3.05, 3.63) is 77.5 Å². The molecule has 0 saturated carbocycles. The van der Waals surface area contributed by atoms with Crippen molar-refractivity contribution in [1.82, 2.24) is 14.6 Å². The normalized spacial score (nSPS) is 18.2. The molecule has 2 aromatic carbocycles. The minimum absolute atomic E-state index is 0.0571. The summed E-state index contributed by atoms with van der Waals surface area (Å²) < 4.78 is 28.6. The number of piperidine rings is 1. The van der Waals surface area contributed by atoms with Gasteiger partial charge in [-0.2, -0.15) is 0 Å². The lowest BCUT2D eigenvalue weighted by Crippen LogP contribution is -2.57. The number of benzene rings is 2. The molecule has 1 aromatic heterocycles. The second kappa shape index (κ2) is 8.62. The first-order valence-electron chi connectivity index (χ1n) is 12.0. The van der Waals surface area contributed by atoms with Crippen LogP contribution < -0.4 is 10.5 Å². The molecular formula is C27H32N4O3S. The Morgan fingerprint density at radius 1 is 1.14 bits per heavy atom. The lowest BCUT2D eigenvalue weighted by atomic mass is 9.74. The number of H-pyrrole nitrogens is 1. The van der Waals surface area contributed by atoms with Gasteiger partial charge in [-0.05, 0) is 55.9 Å². The molecule has 1 aliphatic carbocycles. The van der Waals surface area contributed by atoms with E-state index in [4.69, 9.17) is 5.73 Å². The number of aromatic nitrogens is 1. The Hall–Kier alpha value is -2.94. The number of rotatable bonds is 6. The number of aromatic amines is 1. The highest BCUT2D eigenvalue weighted by atomic mass is 32.2. The molecule has 1 aliphatic heterocycles. The molecule has 8 heteroatoms. The fraction of sp³-hybridized carbons (Fsp3) is 0.370. The van der Waals surface area contributed by atoms with E-state index in [9.17, 15) is 13.2 Å². The van der Waals surface area contributed by atoms with E-state index in [1.807, 2.05) is 36.5 Å². The van der Waals surface area contributed by atoms with Crippen LogP contribution in [-0.2, 0) is 26.7 Å². The lowest BCUT2D eigenvalue weighted by molar-refractivity contribution is -0.134. The fourth-order valence-electron chi connectivity index (χ4n) is 5.26. The van der Waals surface area contributed by atoms with Crippen LogP contribution in [0.25, 0.3) is 17.0 Å². The van der Waals surface area contributed by atoms with Crippen LogP contribution in [0.5, 0.6) is 0 Å². The summed E-state index contributed by atoms with van der Waals surface area (Å²) in [5.41, 5.74) is 10.3. The predicted octanol–water partition coefficient (Wildman–Crippen LogP) is 3.28. The van der Waals surface area contributed by atoms with Gasteiger partial charge in [0.05, 0.1) is 0 Å². The SMILES string of the molecule is CC(C)(N)S(=O)(=O)NC(Cc1c[nH]c2ccccc12)C(=O)N1CCC2(C=Cc3ccccc32)CC1. The van der Waals surface area contributed by atoms with Crippen molar-refractivity contribution in [2.24, 2.45) is 5.73 Å². The summed E-state index contributed by atoms with van der Waals surface area (Å²) in [5, 5.41) is 0.974. The van der Waals surface area contributed by atoms with Crippen LogP contribution in [0.2, 0.25) is 0 Å². The molecule has 184 valence electrons. The Balaban J connectivity index is 1.39. The average Bonchev–Trinajstić information content (AvgIpc) is 3.40. The number of amides is 1. The Bertz CT molecular complexity index is 1390. The van der Waals surface area contributed by atoms with Gasteiger partial charge in [0, 0.05) is 35.6 Å². The molecule has 2 aliphatic rings. The molecule has 1 saturated heterocycles.